The van der Waals surface area contributed by atoms with Crippen LogP contribution < -0.4 is 11.1 Å². The first-order valence-electron chi connectivity index (χ1n) is 6.15. The van der Waals surface area contributed by atoms with E-state index in [1.165, 1.54) is 0 Å². The van der Waals surface area contributed by atoms with Gasteiger partial charge in [-0.1, -0.05) is 15.9 Å². The Balaban J connectivity index is 2.30. The molecule has 0 saturated heterocycles. The number of hydrogen-bond acceptors (Lipinski definition) is 5. The van der Waals surface area contributed by atoms with Gasteiger partial charge in [0, 0.05) is 23.3 Å². The van der Waals surface area contributed by atoms with Crippen molar-refractivity contribution in [2.45, 2.75) is 20.5 Å². The summed E-state index contributed by atoms with van der Waals surface area (Å²) in [7, 11) is 1.60. The number of halogens is 1. The summed E-state index contributed by atoms with van der Waals surface area (Å²) in [5, 5.41) is 3.24. The lowest BCUT2D eigenvalue weighted by molar-refractivity contribution is 0.178. The van der Waals surface area contributed by atoms with Gasteiger partial charge in [-0.15, -0.1) is 0 Å². The van der Waals surface area contributed by atoms with Crippen LogP contribution in [0.25, 0.3) is 0 Å². The number of hydrogen-bond donors (Lipinski definition) is 2. The van der Waals surface area contributed by atoms with Crippen molar-refractivity contribution < 1.29 is 4.74 Å². The Hall–Kier alpha value is -1.66. The molecular weight excluding hydrogens is 320 g/mol. The lowest BCUT2D eigenvalue weighted by Crippen LogP contribution is -2.04. The van der Waals surface area contributed by atoms with Crippen molar-refractivity contribution >= 4 is 33.3 Å². The van der Waals surface area contributed by atoms with Crippen molar-refractivity contribution in [3.05, 3.63) is 39.6 Å². The minimum Gasteiger partial charge on any atom is -0.384 e. The van der Waals surface area contributed by atoms with E-state index in [9.17, 15) is 0 Å². The number of ether oxygens (including phenoxy) is 1. The highest BCUT2D eigenvalue weighted by molar-refractivity contribution is 9.10. The molecule has 0 fully saturated rings. The molecule has 1 aromatic heterocycles. The van der Waals surface area contributed by atoms with Crippen LogP contribution in [-0.2, 0) is 11.3 Å². The van der Waals surface area contributed by atoms with E-state index in [4.69, 9.17) is 10.5 Å². The number of nitrogens with zero attached hydrogens (tertiary/aromatic N) is 2. The van der Waals surface area contributed by atoms with Gasteiger partial charge in [0.2, 0.25) is 0 Å². The molecule has 20 heavy (non-hydrogen) atoms. The second-order valence-corrected chi connectivity index (χ2v) is 5.37. The van der Waals surface area contributed by atoms with Crippen LogP contribution in [0.4, 0.5) is 17.3 Å². The first-order chi connectivity index (χ1) is 9.49. The summed E-state index contributed by atoms with van der Waals surface area (Å²) in [5.74, 6) is 1.63. The summed E-state index contributed by atoms with van der Waals surface area (Å²) in [6.45, 7) is 4.43. The van der Waals surface area contributed by atoms with Gasteiger partial charge >= 0.3 is 0 Å². The normalized spacial score (nSPS) is 10.6. The number of benzene rings is 1. The van der Waals surface area contributed by atoms with Gasteiger partial charge < -0.3 is 15.8 Å². The maximum Gasteiger partial charge on any atom is 0.158 e. The third-order valence-corrected chi connectivity index (χ3v) is 4.03. The Kier molecular flexibility index (Phi) is 4.57. The van der Waals surface area contributed by atoms with Crippen LogP contribution in [0.1, 0.15) is 17.0 Å². The molecule has 1 aromatic carbocycles. The SMILES string of the molecule is COCc1nc(N)cc(Nc2cc(C)c(Br)c(C)c2)n1. The zero-order chi connectivity index (χ0) is 14.7. The van der Waals surface area contributed by atoms with Crippen LogP contribution in [-0.4, -0.2) is 17.1 Å². The fraction of sp³-hybridized carbons (Fsp3) is 0.286. The molecule has 0 radical (unpaired) electrons. The summed E-state index contributed by atoms with van der Waals surface area (Å²) in [6, 6.07) is 5.79. The quantitative estimate of drug-likeness (QED) is 0.895. The zero-order valence-electron chi connectivity index (χ0n) is 11.7. The van der Waals surface area contributed by atoms with Gasteiger partial charge in [0.05, 0.1) is 0 Å². The molecule has 1 heterocycles. The molecule has 2 aromatic rings. The van der Waals surface area contributed by atoms with Gasteiger partial charge in [0.15, 0.2) is 5.82 Å². The molecular formula is C14H17BrN4O. The molecule has 0 aliphatic heterocycles. The molecule has 0 bridgehead atoms. The van der Waals surface area contributed by atoms with Crippen LogP contribution in [0, 0.1) is 13.8 Å². The van der Waals surface area contributed by atoms with Crippen LogP contribution in [0.2, 0.25) is 0 Å². The Bertz CT molecular complexity index is 608. The second kappa shape index (κ2) is 6.19. The van der Waals surface area contributed by atoms with E-state index >= 15 is 0 Å². The second-order valence-electron chi connectivity index (χ2n) is 4.58. The van der Waals surface area contributed by atoms with Gasteiger partial charge in [-0.3, -0.25) is 0 Å². The first kappa shape index (κ1) is 14.7. The standard InChI is InChI=1S/C14H17BrN4O/c1-8-4-10(5-9(2)14(8)15)17-12-6-11(16)18-13(19-12)7-20-3/h4-6H,7H2,1-3H3,(H3,16,17,18,19). The lowest BCUT2D eigenvalue weighted by atomic mass is 10.1. The largest absolute Gasteiger partial charge is 0.384 e. The molecule has 0 unspecified atom stereocenters. The number of nitrogens with one attached hydrogen (secondary N) is 1. The number of nitrogens with two attached hydrogens (primary N) is 1. The van der Waals surface area contributed by atoms with Crippen molar-refractivity contribution in [2.24, 2.45) is 0 Å². The van der Waals surface area contributed by atoms with E-state index in [1.807, 2.05) is 26.0 Å². The number of aryl methyl sites for hydroxylation is 2. The van der Waals surface area contributed by atoms with Gasteiger partial charge in [0.25, 0.3) is 0 Å². The predicted octanol–water partition coefficient (Wildman–Crippen LogP) is 3.33. The molecule has 106 valence electrons. The smallest absolute Gasteiger partial charge is 0.158 e. The minimum atomic E-state index is 0.331. The van der Waals surface area contributed by atoms with Crippen LogP contribution >= 0.6 is 15.9 Å². The van der Waals surface area contributed by atoms with E-state index in [2.05, 4.69) is 31.2 Å². The van der Waals surface area contributed by atoms with E-state index < -0.39 is 0 Å². The van der Waals surface area contributed by atoms with Gasteiger partial charge in [-0.05, 0) is 37.1 Å². The Morgan fingerprint density at radius 3 is 2.45 bits per heavy atom. The van der Waals surface area contributed by atoms with Crippen LogP contribution in [0.3, 0.4) is 0 Å². The highest BCUT2D eigenvalue weighted by atomic mass is 79.9. The van der Waals surface area contributed by atoms with Gasteiger partial charge in [0.1, 0.15) is 18.2 Å². The minimum absolute atomic E-state index is 0.331. The molecule has 0 atom stereocenters. The monoisotopic (exact) mass is 336 g/mol. The summed E-state index contributed by atoms with van der Waals surface area (Å²) in [6.07, 6.45) is 0. The van der Waals surface area contributed by atoms with E-state index in [-0.39, 0.29) is 0 Å². The molecule has 2 rings (SSSR count). The molecule has 5 nitrogen and oxygen atoms in total. The van der Waals surface area contributed by atoms with Gasteiger partial charge in [-0.2, -0.15) is 0 Å². The maximum atomic E-state index is 5.77. The van der Waals surface area contributed by atoms with Crippen molar-refractivity contribution in [1.29, 1.82) is 0 Å². The summed E-state index contributed by atoms with van der Waals surface area (Å²) in [4.78, 5) is 8.47. The number of aromatic nitrogens is 2. The highest BCUT2D eigenvalue weighted by Crippen LogP contribution is 2.26. The highest BCUT2D eigenvalue weighted by Gasteiger charge is 2.06. The summed E-state index contributed by atoms with van der Waals surface area (Å²) >= 11 is 3.55. The predicted molar refractivity (Wildman–Crippen MR) is 84.1 cm³/mol. The van der Waals surface area contributed by atoms with Crippen molar-refractivity contribution in [2.75, 3.05) is 18.2 Å². The van der Waals surface area contributed by atoms with E-state index in [1.54, 1.807) is 13.2 Å². The van der Waals surface area contributed by atoms with E-state index in [0.29, 0.717) is 24.1 Å². The molecule has 0 aliphatic carbocycles. The van der Waals surface area contributed by atoms with Crippen LogP contribution in [0.15, 0.2) is 22.7 Å². The van der Waals surface area contributed by atoms with Crippen molar-refractivity contribution in [3.63, 3.8) is 0 Å². The van der Waals surface area contributed by atoms with Gasteiger partial charge in [-0.25, -0.2) is 9.97 Å². The van der Waals surface area contributed by atoms with Crippen LogP contribution in [0.5, 0.6) is 0 Å². The first-order valence-corrected chi connectivity index (χ1v) is 6.95. The maximum absolute atomic E-state index is 5.77. The van der Waals surface area contributed by atoms with E-state index in [0.717, 1.165) is 21.3 Å². The number of rotatable bonds is 4. The Labute approximate surface area is 126 Å². The average Bonchev–Trinajstić information content (AvgIpc) is 2.35. The molecule has 6 heteroatoms. The van der Waals surface area contributed by atoms with Crippen molar-refractivity contribution in [1.82, 2.24) is 9.97 Å². The molecule has 0 aliphatic rings. The molecule has 3 N–H and O–H groups in total. The topological polar surface area (TPSA) is 73.1 Å². The summed E-state index contributed by atoms with van der Waals surface area (Å²) in [5.41, 5.74) is 9.05. The third kappa shape index (κ3) is 3.46. The number of nitrogen functional groups attached to an aromatic ring is 1. The lowest BCUT2D eigenvalue weighted by Gasteiger charge is -2.11. The molecule has 0 amide bonds. The zero-order valence-corrected chi connectivity index (χ0v) is 13.3. The Morgan fingerprint density at radius 2 is 1.85 bits per heavy atom. The Morgan fingerprint density at radius 1 is 1.20 bits per heavy atom. The fourth-order valence-corrected chi connectivity index (χ4v) is 2.17. The number of methoxy groups -OCH3 is 1. The molecule has 0 saturated carbocycles. The number of anilines is 3. The molecule has 0 spiro atoms. The summed E-state index contributed by atoms with van der Waals surface area (Å²) < 4.78 is 6.14. The fourth-order valence-electron chi connectivity index (χ4n) is 1.94. The van der Waals surface area contributed by atoms with Crippen molar-refractivity contribution in [3.8, 4) is 0 Å². The average molecular weight is 337 g/mol. The third-order valence-electron chi connectivity index (χ3n) is 2.77.